The van der Waals surface area contributed by atoms with Crippen LogP contribution in [-0.2, 0) is 11.2 Å². The smallest absolute Gasteiger partial charge is 0.279 e. The third-order valence-corrected chi connectivity index (χ3v) is 5.02. The number of anilines is 1. The molecule has 0 spiro atoms. The van der Waals surface area contributed by atoms with Crippen molar-refractivity contribution < 1.29 is 9.69 Å². The number of carbonyl (C=O) groups is 1. The van der Waals surface area contributed by atoms with Crippen LogP contribution in [0.3, 0.4) is 0 Å². The fraction of sp³-hybridized carbons (Fsp3) is 0.409. The summed E-state index contributed by atoms with van der Waals surface area (Å²) in [4.78, 5) is 14.0. The van der Waals surface area contributed by atoms with Gasteiger partial charge in [0.1, 0.15) is 0 Å². The third kappa shape index (κ3) is 5.17. The third-order valence-electron chi connectivity index (χ3n) is 5.02. The molecule has 0 aromatic heterocycles. The second kappa shape index (κ2) is 8.30. The molecule has 1 heterocycles. The highest BCUT2D eigenvalue weighted by Crippen LogP contribution is 2.19. The van der Waals surface area contributed by atoms with Crippen LogP contribution in [0.5, 0.6) is 0 Å². The lowest BCUT2D eigenvalue weighted by molar-refractivity contribution is -0.904. The Bertz CT molecular complexity index is 688. The van der Waals surface area contributed by atoms with Crippen LogP contribution in [-0.4, -0.2) is 25.5 Å². The molecule has 2 aromatic carbocycles. The van der Waals surface area contributed by atoms with Crippen molar-refractivity contribution in [1.82, 2.24) is 0 Å². The van der Waals surface area contributed by atoms with E-state index in [2.05, 4.69) is 49.5 Å². The highest BCUT2D eigenvalue weighted by atomic mass is 16.2. The summed E-state index contributed by atoms with van der Waals surface area (Å²) in [5.41, 5.74) is 3.36. The van der Waals surface area contributed by atoms with Gasteiger partial charge in [-0.3, -0.25) is 4.79 Å². The molecule has 1 unspecified atom stereocenters. The minimum Gasteiger partial charge on any atom is -0.327 e. The molecule has 1 fully saturated rings. The molecule has 3 nitrogen and oxygen atoms in total. The van der Waals surface area contributed by atoms with Gasteiger partial charge in [-0.15, -0.1) is 0 Å². The number of amides is 1. The van der Waals surface area contributed by atoms with Crippen LogP contribution in [0.25, 0.3) is 0 Å². The Morgan fingerprint density at radius 2 is 1.64 bits per heavy atom. The summed E-state index contributed by atoms with van der Waals surface area (Å²) in [6.07, 6.45) is 2.12. The zero-order valence-corrected chi connectivity index (χ0v) is 15.3. The van der Waals surface area contributed by atoms with Crippen molar-refractivity contribution in [3.8, 4) is 0 Å². The molecule has 25 heavy (non-hydrogen) atoms. The van der Waals surface area contributed by atoms with E-state index in [1.54, 1.807) is 0 Å². The summed E-state index contributed by atoms with van der Waals surface area (Å²) in [5.74, 6) is 1.53. The lowest BCUT2D eigenvalue weighted by Crippen LogP contribution is -3.15. The van der Waals surface area contributed by atoms with E-state index in [4.69, 9.17) is 0 Å². The first-order valence-electron chi connectivity index (χ1n) is 9.35. The summed E-state index contributed by atoms with van der Waals surface area (Å²) in [6, 6.07) is 18.5. The SMILES string of the molecule is C[C@@H]1C[C@H](C)C[NH+](CC(=O)Nc2ccccc2Cc2ccccc2)C1. The Labute approximate surface area is 151 Å². The van der Waals surface area contributed by atoms with Crippen molar-refractivity contribution >= 4 is 11.6 Å². The highest BCUT2D eigenvalue weighted by molar-refractivity contribution is 5.92. The molecule has 0 saturated carbocycles. The molecule has 3 heteroatoms. The van der Waals surface area contributed by atoms with Gasteiger partial charge in [0.2, 0.25) is 0 Å². The Balaban J connectivity index is 1.63. The fourth-order valence-electron chi connectivity index (χ4n) is 4.10. The zero-order valence-electron chi connectivity index (χ0n) is 15.3. The maximum absolute atomic E-state index is 12.6. The van der Waals surface area contributed by atoms with E-state index in [0.717, 1.165) is 30.8 Å². The molecule has 0 radical (unpaired) electrons. The van der Waals surface area contributed by atoms with E-state index in [1.165, 1.54) is 16.9 Å². The van der Waals surface area contributed by atoms with Gasteiger partial charge in [-0.1, -0.05) is 62.4 Å². The molecule has 1 amide bonds. The van der Waals surface area contributed by atoms with E-state index in [-0.39, 0.29) is 5.91 Å². The van der Waals surface area contributed by atoms with E-state index in [1.807, 2.05) is 24.3 Å². The molecule has 2 aromatic rings. The van der Waals surface area contributed by atoms with E-state index < -0.39 is 0 Å². The lowest BCUT2D eigenvalue weighted by atomic mass is 9.92. The molecule has 3 rings (SSSR count). The topological polar surface area (TPSA) is 33.5 Å². The minimum atomic E-state index is 0.122. The maximum atomic E-state index is 12.6. The number of nitrogens with one attached hydrogen (secondary N) is 2. The van der Waals surface area contributed by atoms with Gasteiger partial charge < -0.3 is 10.2 Å². The number of quaternary nitrogens is 1. The second-order valence-electron chi connectivity index (χ2n) is 7.65. The van der Waals surface area contributed by atoms with Crippen molar-refractivity contribution in [2.75, 3.05) is 25.0 Å². The van der Waals surface area contributed by atoms with Crippen molar-refractivity contribution in [3.05, 3.63) is 65.7 Å². The first-order valence-corrected chi connectivity index (χ1v) is 9.35. The summed E-state index contributed by atoms with van der Waals surface area (Å²) in [6.45, 7) is 7.35. The van der Waals surface area contributed by atoms with Gasteiger partial charge >= 0.3 is 0 Å². The maximum Gasteiger partial charge on any atom is 0.279 e. The molecule has 1 aliphatic rings. The van der Waals surface area contributed by atoms with Gasteiger partial charge in [0, 0.05) is 17.5 Å². The molecule has 0 bridgehead atoms. The van der Waals surface area contributed by atoms with Gasteiger partial charge in [0.05, 0.1) is 13.1 Å². The summed E-state index contributed by atoms with van der Waals surface area (Å²) >= 11 is 0. The molecule has 1 saturated heterocycles. The lowest BCUT2D eigenvalue weighted by Gasteiger charge is -2.31. The van der Waals surface area contributed by atoms with E-state index in [0.29, 0.717) is 18.4 Å². The number of hydrogen-bond donors (Lipinski definition) is 2. The van der Waals surface area contributed by atoms with Crippen LogP contribution in [0.15, 0.2) is 54.6 Å². The Hall–Kier alpha value is -2.13. The quantitative estimate of drug-likeness (QED) is 0.864. The van der Waals surface area contributed by atoms with Gasteiger partial charge in [0.15, 0.2) is 6.54 Å². The number of likely N-dealkylation sites (tertiary alicyclic amines) is 1. The fourth-order valence-corrected chi connectivity index (χ4v) is 4.10. The number of para-hydroxylation sites is 1. The first kappa shape index (κ1) is 17.7. The normalized spacial score (nSPS) is 23.2. The Morgan fingerprint density at radius 1 is 1.00 bits per heavy atom. The van der Waals surface area contributed by atoms with E-state index in [9.17, 15) is 4.79 Å². The molecular formula is C22H29N2O+. The molecular weight excluding hydrogens is 308 g/mol. The molecule has 0 aliphatic carbocycles. The number of hydrogen-bond acceptors (Lipinski definition) is 1. The Kier molecular flexibility index (Phi) is 5.87. The van der Waals surface area contributed by atoms with Crippen LogP contribution in [0.2, 0.25) is 0 Å². The average molecular weight is 337 g/mol. The summed E-state index contributed by atoms with van der Waals surface area (Å²) in [5, 5.41) is 3.15. The van der Waals surface area contributed by atoms with Crippen LogP contribution in [0.4, 0.5) is 5.69 Å². The summed E-state index contributed by atoms with van der Waals surface area (Å²) in [7, 11) is 0. The highest BCUT2D eigenvalue weighted by Gasteiger charge is 2.26. The molecule has 132 valence electrons. The van der Waals surface area contributed by atoms with Gasteiger partial charge in [-0.25, -0.2) is 0 Å². The molecule has 2 N–H and O–H groups in total. The number of piperidine rings is 1. The number of carbonyl (C=O) groups excluding carboxylic acids is 1. The average Bonchev–Trinajstić information content (AvgIpc) is 2.56. The van der Waals surface area contributed by atoms with Crippen molar-refractivity contribution in [2.24, 2.45) is 11.8 Å². The van der Waals surface area contributed by atoms with Gasteiger partial charge in [-0.05, 0) is 30.0 Å². The first-order chi connectivity index (χ1) is 12.1. The predicted octanol–water partition coefficient (Wildman–Crippen LogP) is 2.78. The molecule has 1 aliphatic heterocycles. The number of rotatable bonds is 5. The Morgan fingerprint density at radius 3 is 2.36 bits per heavy atom. The van der Waals surface area contributed by atoms with Crippen LogP contribution in [0.1, 0.15) is 31.4 Å². The van der Waals surface area contributed by atoms with E-state index >= 15 is 0 Å². The molecule has 3 atom stereocenters. The van der Waals surface area contributed by atoms with Crippen molar-refractivity contribution in [2.45, 2.75) is 26.7 Å². The summed E-state index contributed by atoms with van der Waals surface area (Å²) < 4.78 is 0. The monoisotopic (exact) mass is 337 g/mol. The largest absolute Gasteiger partial charge is 0.327 e. The van der Waals surface area contributed by atoms with Crippen LogP contribution in [0, 0.1) is 11.8 Å². The van der Waals surface area contributed by atoms with Gasteiger partial charge in [0.25, 0.3) is 5.91 Å². The minimum absolute atomic E-state index is 0.122. The second-order valence-corrected chi connectivity index (χ2v) is 7.65. The predicted molar refractivity (Wildman–Crippen MR) is 103 cm³/mol. The van der Waals surface area contributed by atoms with Crippen LogP contribution >= 0.6 is 0 Å². The van der Waals surface area contributed by atoms with Crippen molar-refractivity contribution in [3.63, 3.8) is 0 Å². The number of benzene rings is 2. The van der Waals surface area contributed by atoms with Crippen LogP contribution < -0.4 is 10.2 Å². The standard InChI is InChI=1S/C22H28N2O/c1-17-12-18(2)15-24(14-17)16-22(25)23-21-11-7-6-10-20(21)13-19-8-4-3-5-9-19/h3-11,17-18H,12-16H2,1-2H3,(H,23,25)/p+1/t17-,18+. The van der Waals surface area contributed by atoms with Gasteiger partial charge in [-0.2, -0.15) is 0 Å². The van der Waals surface area contributed by atoms with Crippen molar-refractivity contribution in [1.29, 1.82) is 0 Å². The zero-order chi connectivity index (χ0) is 17.6.